The molecule has 0 amide bonds. The lowest BCUT2D eigenvalue weighted by molar-refractivity contribution is 0.355. The third-order valence-electron chi connectivity index (χ3n) is 1.39. The Morgan fingerprint density at radius 3 is 2.54 bits per heavy atom. The van der Waals surface area contributed by atoms with E-state index < -0.39 is 11.1 Å². The number of nitrogens with zero attached hydrogens (tertiary/aromatic N) is 1. The van der Waals surface area contributed by atoms with E-state index in [9.17, 15) is 4.21 Å². The first-order chi connectivity index (χ1) is 6.19. The summed E-state index contributed by atoms with van der Waals surface area (Å²) >= 11 is -2.09. The second-order valence-electron chi connectivity index (χ2n) is 2.11. The van der Waals surface area contributed by atoms with E-state index in [1.54, 1.807) is 0 Å². The van der Waals surface area contributed by atoms with Gasteiger partial charge in [-0.2, -0.15) is 4.98 Å². The van der Waals surface area contributed by atoms with Crippen LogP contribution < -0.4 is 9.47 Å². The highest BCUT2D eigenvalue weighted by Crippen LogP contribution is 2.21. The molecule has 1 unspecified atom stereocenters. The molecule has 1 heterocycles. The van der Waals surface area contributed by atoms with E-state index in [4.69, 9.17) is 14.0 Å². The molecule has 0 saturated heterocycles. The van der Waals surface area contributed by atoms with Gasteiger partial charge in [0.1, 0.15) is 4.90 Å². The van der Waals surface area contributed by atoms with Crippen molar-refractivity contribution in [3.8, 4) is 11.8 Å². The minimum atomic E-state index is -2.09. The summed E-state index contributed by atoms with van der Waals surface area (Å²) in [4.78, 5) is 3.96. The van der Waals surface area contributed by atoms with E-state index in [0.29, 0.717) is 5.88 Å². The van der Waals surface area contributed by atoms with E-state index in [2.05, 4.69) is 4.98 Å². The zero-order valence-electron chi connectivity index (χ0n) is 7.18. The zero-order chi connectivity index (χ0) is 9.84. The van der Waals surface area contributed by atoms with Crippen molar-refractivity contribution >= 4 is 11.1 Å². The molecule has 72 valence electrons. The van der Waals surface area contributed by atoms with Gasteiger partial charge in [-0.25, -0.2) is 4.21 Å². The number of methoxy groups -OCH3 is 2. The lowest BCUT2D eigenvalue weighted by Gasteiger charge is -2.05. The number of pyridine rings is 1. The first-order valence-corrected chi connectivity index (χ1v) is 4.49. The van der Waals surface area contributed by atoms with Gasteiger partial charge in [0.25, 0.3) is 0 Å². The van der Waals surface area contributed by atoms with Gasteiger partial charge in [-0.1, -0.05) is 0 Å². The van der Waals surface area contributed by atoms with Crippen LogP contribution in [-0.4, -0.2) is 28.0 Å². The zero-order valence-corrected chi connectivity index (χ0v) is 8.00. The van der Waals surface area contributed by atoms with Crippen LogP contribution in [0.2, 0.25) is 0 Å². The van der Waals surface area contributed by atoms with Gasteiger partial charge in [0.05, 0.1) is 14.2 Å². The van der Waals surface area contributed by atoms with Crippen molar-refractivity contribution in [2.24, 2.45) is 0 Å². The van der Waals surface area contributed by atoms with Gasteiger partial charge < -0.3 is 14.0 Å². The molecular formula is C7H9NO4S. The van der Waals surface area contributed by atoms with Crippen LogP contribution in [0.1, 0.15) is 0 Å². The Bertz CT molecular complexity index is 328. The van der Waals surface area contributed by atoms with Crippen LogP contribution in [-0.2, 0) is 11.1 Å². The number of hydrogen-bond donors (Lipinski definition) is 1. The summed E-state index contributed by atoms with van der Waals surface area (Å²) in [5.74, 6) is 0.436. The van der Waals surface area contributed by atoms with E-state index in [0.717, 1.165) is 0 Å². The third kappa shape index (κ3) is 2.16. The molecule has 1 rings (SSSR count). The molecule has 0 aliphatic carbocycles. The molecule has 0 spiro atoms. The molecule has 6 heteroatoms. The maximum absolute atomic E-state index is 10.7. The van der Waals surface area contributed by atoms with Gasteiger partial charge in [0, 0.05) is 6.07 Å². The van der Waals surface area contributed by atoms with Gasteiger partial charge >= 0.3 is 0 Å². The van der Waals surface area contributed by atoms with Gasteiger partial charge in [-0.3, -0.25) is 0 Å². The fraction of sp³-hybridized carbons (Fsp3) is 0.286. The quantitative estimate of drug-likeness (QED) is 0.731. The molecular weight excluding hydrogens is 194 g/mol. The summed E-state index contributed by atoms with van der Waals surface area (Å²) < 4.78 is 29.2. The van der Waals surface area contributed by atoms with Gasteiger partial charge in [0.2, 0.25) is 11.8 Å². The Kier molecular flexibility index (Phi) is 3.21. The fourth-order valence-corrected chi connectivity index (χ4v) is 1.27. The number of hydrogen-bond acceptors (Lipinski definition) is 4. The van der Waals surface area contributed by atoms with Gasteiger partial charge in [-0.05, 0) is 6.07 Å². The molecule has 0 radical (unpaired) electrons. The lowest BCUT2D eigenvalue weighted by atomic mass is 10.5. The average molecular weight is 203 g/mol. The van der Waals surface area contributed by atoms with Crippen LogP contribution in [0.3, 0.4) is 0 Å². The van der Waals surface area contributed by atoms with Crippen LogP contribution in [0.25, 0.3) is 0 Å². The predicted molar refractivity (Wildman–Crippen MR) is 46.4 cm³/mol. The van der Waals surface area contributed by atoms with Crippen molar-refractivity contribution < 1.29 is 18.2 Å². The molecule has 13 heavy (non-hydrogen) atoms. The molecule has 5 nitrogen and oxygen atoms in total. The van der Waals surface area contributed by atoms with Crippen LogP contribution in [0.15, 0.2) is 17.0 Å². The summed E-state index contributed by atoms with van der Waals surface area (Å²) in [5, 5.41) is 0. The van der Waals surface area contributed by atoms with E-state index in [1.165, 1.54) is 26.4 Å². The van der Waals surface area contributed by atoms with E-state index in [1.807, 2.05) is 0 Å². The van der Waals surface area contributed by atoms with Crippen molar-refractivity contribution in [2.45, 2.75) is 4.90 Å². The SMILES string of the molecule is COc1ccc(S(=O)O)c(OC)n1. The molecule has 1 aromatic rings. The maximum Gasteiger partial charge on any atom is 0.235 e. The minimum Gasteiger partial charge on any atom is -0.481 e. The van der Waals surface area contributed by atoms with Gasteiger partial charge in [-0.15, -0.1) is 0 Å². The first-order valence-electron chi connectivity index (χ1n) is 3.39. The summed E-state index contributed by atoms with van der Waals surface area (Å²) in [6, 6.07) is 2.92. The molecule has 0 aliphatic heterocycles. The third-order valence-corrected chi connectivity index (χ3v) is 2.08. The second-order valence-corrected chi connectivity index (χ2v) is 3.05. The molecule has 0 saturated carbocycles. The Morgan fingerprint density at radius 1 is 1.38 bits per heavy atom. The normalized spacial score (nSPS) is 12.2. The summed E-state index contributed by atoms with van der Waals surface area (Å²) in [6.07, 6.45) is 0. The van der Waals surface area contributed by atoms with Crippen molar-refractivity contribution in [3.05, 3.63) is 12.1 Å². The number of aromatic nitrogens is 1. The van der Waals surface area contributed by atoms with Crippen molar-refractivity contribution in [1.82, 2.24) is 4.98 Å². The number of ether oxygens (including phenoxy) is 2. The molecule has 1 atom stereocenters. The van der Waals surface area contributed by atoms with E-state index >= 15 is 0 Å². The number of rotatable bonds is 3. The Labute approximate surface area is 78.0 Å². The lowest BCUT2D eigenvalue weighted by Crippen LogP contribution is -1.98. The van der Waals surface area contributed by atoms with Crippen molar-refractivity contribution in [3.63, 3.8) is 0 Å². The summed E-state index contributed by atoms with van der Waals surface area (Å²) in [6.45, 7) is 0. The molecule has 0 fully saturated rings. The molecule has 0 aromatic carbocycles. The van der Waals surface area contributed by atoms with E-state index in [-0.39, 0.29) is 10.8 Å². The second kappa shape index (κ2) is 4.20. The van der Waals surface area contributed by atoms with Crippen LogP contribution >= 0.6 is 0 Å². The Hall–Kier alpha value is -1.14. The van der Waals surface area contributed by atoms with Crippen molar-refractivity contribution in [2.75, 3.05) is 14.2 Å². The summed E-state index contributed by atoms with van der Waals surface area (Å²) in [7, 11) is 2.83. The maximum atomic E-state index is 10.7. The average Bonchev–Trinajstić information content (AvgIpc) is 2.16. The molecule has 0 bridgehead atoms. The monoisotopic (exact) mass is 203 g/mol. The molecule has 0 aliphatic rings. The Balaban J connectivity index is 3.15. The minimum absolute atomic E-state index is 0.0974. The highest BCUT2D eigenvalue weighted by molar-refractivity contribution is 7.79. The fourth-order valence-electron chi connectivity index (χ4n) is 0.804. The van der Waals surface area contributed by atoms with Crippen molar-refractivity contribution in [1.29, 1.82) is 0 Å². The van der Waals surface area contributed by atoms with Crippen LogP contribution in [0, 0.1) is 0 Å². The van der Waals surface area contributed by atoms with Gasteiger partial charge in [0.15, 0.2) is 11.1 Å². The first kappa shape index (κ1) is 9.94. The highest BCUT2D eigenvalue weighted by atomic mass is 32.2. The Morgan fingerprint density at radius 2 is 2.08 bits per heavy atom. The highest BCUT2D eigenvalue weighted by Gasteiger charge is 2.10. The molecule has 1 N–H and O–H groups in total. The topological polar surface area (TPSA) is 68.7 Å². The standard InChI is InChI=1S/C7H9NO4S/c1-11-6-4-3-5(13(9)10)7(8-6)12-2/h3-4H,1-2H3,(H,9,10). The van der Waals surface area contributed by atoms with Crippen LogP contribution in [0.4, 0.5) is 0 Å². The summed E-state index contributed by atoms with van der Waals surface area (Å²) in [5.41, 5.74) is 0. The predicted octanol–water partition coefficient (Wildman–Crippen LogP) is 0.679. The largest absolute Gasteiger partial charge is 0.481 e. The van der Waals surface area contributed by atoms with Crippen LogP contribution in [0.5, 0.6) is 11.8 Å². The molecule has 1 aromatic heterocycles. The smallest absolute Gasteiger partial charge is 0.235 e.